The van der Waals surface area contributed by atoms with E-state index in [4.69, 9.17) is 16.3 Å². The molecule has 7 nitrogen and oxygen atoms in total. The molecule has 0 aromatic heterocycles. The van der Waals surface area contributed by atoms with E-state index in [9.17, 15) is 24.1 Å². The van der Waals surface area contributed by atoms with Crippen LogP contribution in [-0.2, 0) is 11.3 Å². The number of methoxy groups -OCH3 is 1. The van der Waals surface area contributed by atoms with E-state index in [-0.39, 0.29) is 22.2 Å². The minimum atomic E-state index is -0.580. The Kier molecular flexibility index (Phi) is 5.66. The van der Waals surface area contributed by atoms with Crippen LogP contribution in [0.1, 0.15) is 11.1 Å². The van der Waals surface area contributed by atoms with Gasteiger partial charge in [0.1, 0.15) is 11.6 Å². The predicted octanol–water partition coefficient (Wildman–Crippen LogP) is 4.63. The van der Waals surface area contributed by atoms with Crippen LogP contribution in [0.25, 0.3) is 6.08 Å². The normalized spacial score (nSPS) is 15.4. The highest BCUT2D eigenvalue weighted by Gasteiger charge is 2.35. The van der Waals surface area contributed by atoms with Gasteiger partial charge in [-0.15, -0.1) is 0 Å². The highest BCUT2D eigenvalue weighted by Crippen LogP contribution is 2.36. The van der Waals surface area contributed by atoms with Crippen LogP contribution in [-0.4, -0.2) is 28.1 Å². The molecule has 2 aromatic rings. The summed E-state index contributed by atoms with van der Waals surface area (Å²) in [5.41, 5.74) is 0.533. The lowest BCUT2D eigenvalue weighted by Crippen LogP contribution is -2.27. The molecule has 2 aromatic carbocycles. The average molecular weight is 423 g/mol. The Morgan fingerprint density at radius 3 is 2.68 bits per heavy atom. The number of thioether (sulfide) groups is 1. The number of hydrogen-bond acceptors (Lipinski definition) is 6. The lowest BCUT2D eigenvalue weighted by molar-refractivity contribution is -0.384. The second-order valence-electron chi connectivity index (χ2n) is 5.69. The van der Waals surface area contributed by atoms with Crippen LogP contribution in [0, 0.1) is 15.9 Å². The van der Waals surface area contributed by atoms with Gasteiger partial charge in [0, 0.05) is 22.7 Å². The van der Waals surface area contributed by atoms with Gasteiger partial charge in [-0.25, -0.2) is 4.39 Å². The maximum absolute atomic E-state index is 13.2. The number of ether oxygens (including phenoxy) is 1. The van der Waals surface area contributed by atoms with Crippen molar-refractivity contribution in [3.8, 4) is 5.75 Å². The van der Waals surface area contributed by atoms with E-state index in [1.54, 1.807) is 0 Å². The van der Waals surface area contributed by atoms with Crippen molar-refractivity contribution >= 4 is 46.3 Å². The minimum Gasteiger partial charge on any atom is -0.496 e. The smallest absolute Gasteiger partial charge is 0.293 e. The van der Waals surface area contributed by atoms with Gasteiger partial charge in [0.2, 0.25) is 0 Å². The van der Waals surface area contributed by atoms with Gasteiger partial charge in [0.25, 0.3) is 16.8 Å². The maximum Gasteiger partial charge on any atom is 0.293 e. The third-order valence-corrected chi connectivity index (χ3v) is 5.19. The Morgan fingerprint density at radius 1 is 1.29 bits per heavy atom. The first-order valence-corrected chi connectivity index (χ1v) is 9.01. The molecule has 0 spiro atoms. The van der Waals surface area contributed by atoms with E-state index < -0.39 is 21.9 Å². The largest absolute Gasteiger partial charge is 0.496 e. The second-order valence-corrected chi connectivity index (χ2v) is 7.09. The quantitative estimate of drug-likeness (QED) is 0.396. The summed E-state index contributed by atoms with van der Waals surface area (Å²) in [7, 11) is 1.39. The first kappa shape index (κ1) is 19.8. The number of amides is 2. The number of benzene rings is 2. The fourth-order valence-corrected chi connectivity index (χ4v) is 3.60. The summed E-state index contributed by atoms with van der Waals surface area (Å²) in [5.74, 6) is -0.788. The van der Waals surface area contributed by atoms with Crippen LogP contribution in [0.4, 0.5) is 14.9 Å². The van der Waals surface area contributed by atoms with Gasteiger partial charge in [-0.1, -0.05) is 17.7 Å². The molecule has 3 rings (SSSR count). The number of rotatable bonds is 5. The fourth-order valence-electron chi connectivity index (χ4n) is 2.55. The van der Waals surface area contributed by atoms with Crippen molar-refractivity contribution in [1.29, 1.82) is 0 Å². The lowest BCUT2D eigenvalue weighted by Gasteiger charge is -2.13. The van der Waals surface area contributed by atoms with Crippen molar-refractivity contribution in [3.63, 3.8) is 0 Å². The summed E-state index contributed by atoms with van der Waals surface area (Å²) < 4.78 is 18.3. The monoisotopic (exact) mass is 422 g/mol. The maximum atomic E-state index is 13.2. The molecule has 2 amide bonds. The number of hydrogen-bond donors (Lipinski definition) is 0. The third-order valence-electron chi connectivity index (χ3n) is 3.93. The van der Waals surface area contributed by atoms with Crippen molar-refractivity contribution in [2.24, 2.45) is 0 Å². The molecule has 1 saturated heterocycles. The Labute approximate surface area is 167 Å². The predicted molar refractivity (Wildman–Crippen MR) is 103 cm³/mol. The Hall–Kier alpha value is -2.91. The molecule has 28 heavy (non-hydrogen) atoms. The molecule has 1 heterocycles. The number of nitrogens with zero attached hydrogens (tertiary/aromatic N) is 2. The van der Waals surface area contributed by atoms with Gasteiger partial charge in [-0.2, -0.15) is 0 Å². The summed E-state index contributed by atoms with van der Waals surface area (Å²) in [5, 5.41) is 10.6. The second kappa shape index (κ2) is 7.99. The topological polar surface area (TPSA) is 89.8 Å². The first-order valence-electron chi connectivity index (χ1n) is 7.82. The molecule has 1 aliphatic rings. The van der Waals surface area contributed by atoms with E-state index in [1.807, 2.05) is 0 Å². The van der Waals surface area contributed by atoms with E-state index >= 15 is 0 Å². The van der Waals surface area contributed by atoms with Crippen molar-refractivity contribution in [3.05, 3.63) is 73.4 Å². The molecule has 1 aliphatic heterocycles. The third kappa shape index (κ3) is 4.00. The van der Waals surface area contributed by atoms with Crippen molar-refractivity contribution < 1.29 is 23.6 Å². The van der Waals surface area contributed by atoms with Gasteiger partial charge < -0.3 is 4.74 Å². The minimum absolute atomic E-state index is 0.0852. The summed E-state index contributed by atoms with van der Waals surface area (Å²) >= 11 is 6.66. The van der Waals surface area contributed by atoms with E-state index in [1.165, 1.54) is 43.5 Å². The molecule has 1 fully saturated rings. The number of non-ortho nitro benzene ring substituents is 1. The van der Waals surface area contributed by atoms with Crippen molar-refractivity contribution in [2.45, 2.75) is 6.54 Å². The standard InChI is InChI=1S/C18H12ClFN2O5S/c1-27-15-5-4-13(22(25)26)6-11(15)7-16-17(23)21(18(24)28-16)9-10-2-3-12(20)8-14(10)19/h2-8H,9H2,1H3/b16-7-. The molecule has 0 atom stereocenters. The van der Waals surface area contributed by atoms with E-state index in [2.05, 4.69) is 0 Å². The summed E-state index contributed by atoms with van der Waals surface area (Å²) in [6.07, 6.45) is 1.36. The fraction of sp³-hybridized carbons (Fsp3) is 0.111. The molecule has 0 radical (unpaired) electrons. The van der Waals surface area contributed by atoms with Gasteiger partial charge in [-0.05, 0) is 41.6 Å². The van der Waals surface area contributed by atoms with Gasteiger partial charge >= 0.3 is 0 Å². The zero-order valence-electron chi connectivity index (χ0n) is 14.3. The number of carbonyl (C=O) groups is 2. The van der Waals surface area contributed by atoms with Crippen LogP contribution in [0.2, 0.25) is 5.02 Å². The van der Waals surface area contributed by atoms with Gasteiger partial charge in [0.15, 0.2) is 0 Å². The van der Waals surface area contributed by atoms with Gasteiger partial charge in [0.05, 0.1) is 23.5 Å². The van der Waals surface area contributed by atoms with E-state index in [0.717, 1.165) is 11.0 Å². The summed E-state index contributed by atoms with van der Waals surface area (Å²) in [6.45, 7) is -0.118. The highest BCUT2D eigenvalue weighted by atomic mass is 35.5. The molecular weight excluding hydrogens is 411 g/mol. The molecule has 0 N–H and O–H groups in total. The van der Waals surface area contributed by atoms with E-state index in [0.29, 0.717) is 28.6 Å². The van der Waals surface area contributed by atoms with Crippen LogP contribution in [0.5, 0.6) is 5.75 Å². The number of nitro benzene ring substituents is 1. The molecule has 0 unspecified atom stereocenters. The van der Waals surface area contributed by atoms with Crippen LogP contribution in [0.3, 0.4) is 0 Å². The molecule has 0 aliphatic carbocycles. The average Bonchev–Trinajstić information content (AvgIpc) is 2.91. The zero-order chi connectivity index (χ0) is 20.4. The number of imide groups is 1. The Morgan fingerprint density at radius 2 is 2.04 bits per heavy atom. The molecule has 10 heteroatoms. The Bertz CT molecular complexity index is 1030. The van der Waals surface area contributed by atoms with Crippen molar-refractivity contribution in [2.75, 3.05) is 7.11 Å². The Balaban J connectivity index is 1.91. The summed E-state index contributed by atoms with van der Waals surface area (Å²) in [6, 6.07) is 7.62. The van der Waals surface area contributed by atoms with Gasteiger partial charge in [-0.3, -0.25) is 24.6 Å². The highest BCUT2D eigenvalue weighted by molar-refractivity contribution is 8.18. The van der Waals surface area contributed by atoms with Crippen LogP contribution in [0.15, 0.2) is 41.3 Å². The molecule has 144 valence electrons. The number of nitro groups is 1. The zero-order valence-corrected chi connectivity index (χ0v) is 15.9. The van der Waals surface area contributed by atoms with Crippen molar-refractivity contribution in [1.82, 2.24) is 4.90 Å². The molecule has 0 bridgehead atoms. The number of carbonyl (C=O) groups excluding carboxylic acids is 2. The first-order chi connectivity index (χ1) is 13.3. The number of halogens is 2. The van der Waals surface area contributed by atoms with Crippen LogP contribution >= 0.6 is 23.4 Å². The molecule has 0 saturated carbocycles. The van der Waals surface area contributed by atoms with Crippen LogP contribution < -0.4 is 4.74 Å². The lowest BCUT2D eigenvalue weighted by atomic mass is 10.1. The molecular formula is C18H12ClFN2O5S. The summed E-state index contributed by atoms with van der Waals surface area (Å²) in [4.78, 5) is 36.4. The SMILES string of the molecule is COc1ccc([N+](=O)[O-])cc1/C=C1\SC(=O)N(Cc2ccc(F)cc2Cl)C1=O.